The van der Waals surface area contributed by atoms with E-state index in [1.807, 2.05) is 0 Å². The molecule has 0 spiro atoms. The largest absolute Gasteiger partial charge is 0.495 e. The third kappa shape index (κ3) is 5.40. The monoisotopic (exact) mass is 445 g/mol. The first kappa shape index (κ1) is 22.3. The first-order valence-electron chi connectivity index (χ1n) is 9.69. The molecule has 2 N–H and O–H groups in total. The number of hydrogen-bond acceptors (Lipinski definition) is 6. The van der Waals surface area contributed by atoms with Gasteiger partial charge in [0.15, 0.2) is 0 Å². The fourth-order valence-corrected chi connectivity index (χ4v) is 4.20. The number of likely N-dealkylation sites (tertiary alicyclic amines) is 1. The molecule has 1 aliphatic heterocycles. The van der Waals surface area contributed by atoms with Crippen LogP contribution in [0.5, 0.6) is 5.75 Å². The fourth-order valence-electron chi connectivity index (χ4n) is 3.13. The van der Waals surface area contributed by atoms with Crippen LogP contribution in [0.2, 0.25) is 0 Å². The van der Waals surface area contributed by atoms with Crippen molar-refractivity contribution in [3.63, 3.8) is 0 Å². The number of para-hydroxylation sites is 2. The molecule has 0 atom stereocenters. The standard InChI is InChI=1S/C21H23N3O6S/c1-30-18-6-3-2-5-17(18)23-31(28,29)16-9-7-15(8-10-16)21(27)22-13-4-14-24-19(25)11-12-20(24)26/h2-3,5-10,23H,4,11-14H2,1H3,(H,22,27). The lowest BCUT2D eigenvalue weighted by Crippen LogP contribution is -2.33. The summed E-state index contributed by atoms with van der Waals surface area (Å²) < 4.78 is 32.8. The number of sulfonamides is 1. The fraction of sp³-hybridized carbons (Fsp3) is 0.286. The smallest absolute Gasteiger partial charge is 0.262 e. The minimum absolute atomic E-state index is 0.000939. The topological polar surface area (TPSA) is 122 Å². The molecule has 3 amide bonds. The molecule has 1 heterocycles. The molecule has 9 nitrogen and oxygen atoms in total. The van der Waals surface area contributed by atoms with Gasteiger partial charge in [0.25, 0.3) is 15.9 Å². The Kier molecular flexibility index (Phi) is 6.91. The molecule has 2 aromatic rings. The summed E-state index contributed by atoms with van der Waals surface area (Å²) in [6.07, 6.45) is 0.928. The zero-order valence-electron chi connectivity index (χ0n) is 17.0. The Labute approximate surface area is 180 Å². The van der Waals surface area contributed by atoms with Gasteiger partial charge < -0.3 is 10.1 Å². The summed E-state index contributed by atoms with van der Waals surface area (Å²) in [7, 11) is -2.41. The number of anilines is 1. The molecule has 0 saturated carbocycles. The van der Waals surface area contributed by atoms with Crippen LogP contribution < -0.4 is 14.8 Å². The lowest BCUT2D eigenvalue weighted by molar-refractivity contribution is -0.138. The number of ether oxygens (including phenoxy) is 1. The number of amides is 3. The number of hydrogen-bond donors (Lipinski definition) is 2. The van der Waals surface area contributed by atoms with Crippen molar-refractivity contribution in [3.05, 3.63) is 54.1 Å². The van der Waals surface area contributed by atoms with Crippen LogP contribution in [0.15, 0.2) is 53.4 Å². The Morgan fingerprint density at radius 2 is 1.68 bits per heavy atom. The van der Waals surface area contributed by atoms with E-state index >= 15 is 0 Å². The van der Waals surface area contributed by atoms with E-state index in [1.165, 1.54) is 36.3 Å². The van der Waals surface area contributed by atoms with E-state index < -0.39 is 10.0 Å². The molecule has 0 aliphatic carbocycles. The average Bonchev–Trinajstić information content (AvgIpc) is 3.08. The Balaban J connectivity index is 1.55. The van der Waals surface area contributed by atoms with Crippen LogP contribution in [0.3, 0.4) is 0 Å². The minimum atomic E-state index is -3.86. The highest BCUT2D eigenvalue weighted by molar-refractivity contribution is 7.92. The van der Waals surface area contributed by atoms with Gasteiger partial charge in [-0.25, -0.2) is 8.42 Å². The molecule has 10 heteroatoms. The highest BCUT2D eigenvalue weighted by Gasteiger charge is 2.28. The molecule has 2 aromatic carbocycles. The third-order valence-corrected chi connectivity index (χ3v) is 6.16. The van der Waals surface area contributed by atoms with Crippen LogP contribution in [0.1, 0.15) is 29.6 Å². The highest BCUT2D eigenvalue weighted by Crippen LogP contribution is 2.26. The first-order chi connectivity index (χ1) is 14.8. The lowest BCUT2D eigenvalue weighted by atomic mass is 10.2. The summed E-state index contributed by atoms with van der Waals surface area (Å²) in [4.78, 5) is 36.6. The van der Waals surface area contributed by atoms with Crippen LogP contribution in [0, 0.1) is 0 Å². The van der Waals surface area contributed by atoms with Gasteiger partial charge in [0.05, 0.1) is 17.7 Å². The van der Waals surface area contributed by atoms with Gasteiger partial charge in [-0.15, -0.1) is 0 Å². The van der Waals surface area contributed by atoms with Gasteiger partial charge in [-0.3, -0.25) is 24.0 Å². The van der Waals surface area contributed by atoms with E-state index in [4.69, 9.17) is 4.74 Å². The van der Waals surface area contributed by atoms with E-state index in [9.17, 15) is 22.8 Å². The van der Waals surface area contributed by atoms with E-state index in [0.717, 1.165) is 0 Å². The van der Waals surface area contributed by atoms with Crippen molar-refractivity contribution in [2.75, 3.05) is 24.9 Å². The van der Waals surface area contributed by atoms with Gasteiger partial charge in [0, 0.05) is 31.5 Å². The van der Waals surface area contributed by atoms with Crippen molar-refractivity contribution in [3.8, 4) is 5.75 Å². The average molecular weight is 445 g/mol. The number of benzene rings is 2. The maximum absolute atomic E-state index is 12.6. The van der Waals surface area contributed by atoms with Crippen molar-refractivity contribution in [2.45, 2.75) is 24.2 Å². The predicted molar refractivity (Wildman–Crippen MR) is 113 cm³/mol. The Morgan fingerprint density at radius 3 is 2.32 bits per heavy atom. The normalized spacial score (nSPS) is 13.9. The second-order valence-corrected chi connectivity index (χ2v) is 8.56. The van der Waals surface area contributed by atoms with Gasteiger partial charge in [-0.1, -0.05) is 12.1 Å². The van der Waals surface area contributed by atoms with Crippen LogP contribution >= 0.6 is 0 Å². The molecule has 1 fully saturated rings. The van der Waals surface area contributed by atoms with Crippen LogP contribution in [-0.4, -0.2) is 51.2 Å². The number of nitrogens with one attached hydrogen (secondary N) is 2. The molecular weight excluding hydrogens is 422 g/mol. The summed E-state index contributed by atoms with van der Waals surface area (Å²) in [5.74, 6) is -0.357. The number of carbonyl (C=O) groups is 3. The predicted octanol–water partition coefficient (Wildman–Crippen LogP) is 1.76. The Hall–Kier alpha value is -3.40. The SMILES string of the molecule is COc1ccccc1NS(=O)(=O)c1ccc(C(=O)NCCCN2C(=O)CCC2=O)cc1. The van der Waals surface area contributed by atoms with Crippen molar-refractivity contribution < 1.29 is 27.5 Å². The summed E-state index contributed by atoms with van der Waals surface area (Å²) >= 11 is 0. The summed E-state index contributed by atoms with van der Waals surface area (Å²) in [6, 6.07) is 12.2. The molecule has 31 heavy (non-hydrogen) atoms. The summed E-state index contributed by atoms with van der Waals surface area (Å²) in [5, 5.41) is 2.70. The van der Waals surface area contributed by atoms with Crippen LogP contribution in [-0.2, 0) is 19.6 Å². The number of nitrogens with zero attached hydrogens (tertiary/aromatic N) is 1. The molecule has 0 unspecified atom stereocenters. The highest BCUT2D eigenvalue weighted by atomic mass is 32.2. The van der Waals surface area contributed by atoms with Crippen molar-refractivity contribution in [1.82, 2.24) is 10.2 Å². The Morgan fingerprint density at radius 1 is 1.03 bits per heavy atom. The minimum Gasteiger partial charge on any atom is -0.495 e. The summed E-state index contributed by atoms with van der Waals surface area (Å²) in [5.41, 5.74) is 0.603. The van der Waals surface area contributed by atoms with Gasteiger partial charge in [-0.05, 0) is 42.8 Å². The third-order valence-electron chi connectivity index (χ3n) is 4.78. The molecule has 0 bridgehead atoms. The van der Waals surface area contributed by atoms with Gasteiger partial charge in [0.2, 0.25) is 11.8 Å². The lowest BCUT2D eigenvalue weighted by Gasteiger charge is -2.14. The second kappa shape index (κ2) is 9.61. The van der Waals surface area contributed by atoms with E-state index in [2.05, 4.69) is 10.0 Å². The number of carbonyl (C=O) groups excluding carboxylic acids is 3. The quantitative estimate of drug-likeness (QED) is 0.448. The molecule has 0 aromatic heterocycles. The maximum Gasteiger partial charge on any atom is 0.262 e. The second-order valence-electron chi connectivity index (χ2n) is 6.88. The summed E-state index contributed by atoms with van der Waals surface area (Å²) in [6.45, 7) is 0.551. The van der Waals surface area contributed by atoms with E-state index in [-0.39, 0.29) is 48.5 Å². The molecule has 3 rings (SSSR count). The number of imide groups is 1. The zero-order valence-corrected chi connectivity index (χ0v) is 17.8. The molecular formula is C21H23N3O6S. The Bertz CT molecular complexity index is 1070. The van der Waals surface area contributed by atoms with Gasteiger partial charge >= 0.3 is 0 Å². The number of rotatable bonds is 9. The molecule has 164 valence electrons. The molecule has 1 saturated heterocycles. The van der Waals surface area contributed by atoms with Crippen LogP contribution in [0.4, 0.5) is 5.69 Å². The van der Waals surface area contributed by atoms with Crippen molar-refractivity contribution in [1.29, 1.82) is 0 Å². The first-order valence-corrected chi connectivity index (χ1v) is 11.2. The molecule has 1 aliphatic rings. The van der Waals surface area contributed by atoms with Gasteiger partial charge in [0.1, 0.15) is 5.75 Å². The van der Waals surface area contributed by atoms with Gasteiger partial charge in [-0.2, -0.15) is 0 Å². The number of methoxy groups -OCH3 is 1. The van der Waals surface area contributed by atoms with Crippen LogP contribution in [0.25, 0.3) is 0 Å². The maximum atomic E-state index is 12.6. The van der Waals surface area contributed by atoms with Crippen molar-refractivity contribution >= 4 is 33.4 Å². The molecule has 0 radical (unpaired) electrons. The van der Waals surface area contributed by atoms with Crippen molar-refractivity contribution in [2.24, 2.45) is 0 Å². The zero-order chi connectivity index (χ0) is 22.4. The van der Waals surface area contributed by atoms with E-state index in [0.29, 0.717) is 23.4 Å². The van der Waals surface area contributed by atoms with E-state index in [1.54, 1.807) is 24.3 Å².